The molecule has 0 aliphatic carbocycles. The first-order chi connectivity index (χ1) is 13.3. The van der Waals surface area contributed by atoms with Gasteiger partial charge in [-0.25, -0.2) is 8.42 Å². The van der Waals surface area contributed by atoms with E-state index in [9.17, 15) is 13.2 Å². The maximum Gasteiger partial charge on any atom is 0.245 e. The standard InChI is InChI=1S/C20H28N4O3S/c1-4-16(3)22-19(25)14-23-8-10-24(11-9-23)28(26,27)18-7-5-6-17-12-15(2)13-21-20(17)18/h5-7,12-13,16H,4,8-11,14H2,1-3H3,(H,22,25)/t16-/m1/s1. The molecule has 0 bridgehead atoms. The Morgan fingerprint density at radius 2 is 1.96 bits per heavy atom. The third kappa shape index (κ3) is 4.51. The second-order valence-corrected chi connectivity index (χ2v) is 9.30. The van der Waals surface area contributed by atoms with Crippen molar-refractivity contribution in [2.24, 2.45) is 0 Å². The normalized spacial score (nSPS) is 17.5. The summed E-state index contributed by atoms with van der Waals surface area (Å²) in [4.78, 5) is 18.7. The fourth-order valence-electron chi connectivity index (χ4n) is 3.34. The molecule has 0 unspecified atom stereocenters. The van der Waals surface area contributed by atoms with Crippen molar-refractivity contribution in [3.05, 3.63) is 36.0 Å². The second kappa shape index (κ2) is 8.55. The minimum Gasteiger partial charge on any atom is -0.353 e. The van der Waals surface area contributed by atoms with Gasteiger partial charge in [-0.15, -0.1) is 0 Å². The van der Waals surface area contributed by atoms with Gasteiger partial charge in [-0.2, -0.15) is 4.31 Å². The van der Waals surface area contributed by atoms with Crippen molar-refractivity contribution in [3.8, 4) is 0 Å². The van der Waals surface area contributed by atoms with Gasteiger partial charge in [0.15, 0.2) is 0 Å². The molecule has 3 rings (SSSR count). The number of pyridine rings is 1. The van der Waals surface area contributed by atoms with Crippen LogP contribution in [-0.4, -0.2) is 67.3 Å². The molecule has 0 saturated carbocycles. The highest BCUT2D eigenvalue weighted by molar-refractivity contribution is 7.89. The summed E-state index contributed by atoms with van der Waals surface area (Å²) in [5.74, 6) is -0.0146. The van der Waals surface area contributed by atoms with Gasteiger partial charge in [0.2, 0.25) is 15.9 Å². The minimum atomic E-state index is -3.63. The number of carbonyl (C=O) groups excluding carboxylic acids is 1. The number of amides is 1. The molecule has 0 spiro atoms. The number of aryl methyl sites for hydroxylation is 1. The van der Waals surface area contributed by atoms with E-state index in [4.69, 9.17) is 0 Å². The molecule has 2 heterocycles. The molecule has 1 atom stereocenters. The largest absolute Gasteiger partial charge is 0.353 e. The van der Waals surface area contributed by atoms with Gasteiger partial charge in [0.05, 0.1) is 12.1 Å². The molecule has 1 amide bonds. The van der Waals surface area contributed by atoms with E-state index in [1.54, 1.807) is 18.3 Å². The molecule has 2 aromatic rings. The Balaban J connectivity index is 1.70. The van der Waals surface area contributed by atoms with E-state index in [1.165, 1.54) is 4.31 Å². The lowest BCUT2D eigenvalue weighted by Gasteiger charge is -2.33. The summed E-state index contributed by atoms with van der Waals surface area (Å²) in [5.41, 5.74) is 1.50. The average Bonchev–Trinajstić information content (AvgIpc) is 2.67. The van der Waals surface area contributed by atoms with Gasteiger partial charge in [-0.05, 0) is 38.0 Å². The van der Waals surface area contributed by atoms with Crippen LogP contribution in [0.5, 0.6) is 0 Å². The zero-order valence-electron chi connectivity index (χ0n) is 16.7. The highest BCUT2D eigenvalue weighted by Gasteiger charge is 2.30. The van der Waals surface area contributed by atoms with E-state index < -0.39 is 10.0 Å². The van der Waals surface area contributed by atoms with E-state index in [2.05, 4.69) is 10.3 Å². The number of hydrogen-bond donors (Lipinski definition) is 1. The van der Waals surface area contributed by atoms with Gasteiger partial charge in [-0.3, -0.25) is 14.7 Å². The predicted octanol–water partition coefficient (Wildman–Crippen LogP) is 1.76. The third-order valence-electron chi connectivity index (χ3n) is 5.15. The molecule has 7 nitrogen and oxygen atoms in total. The van der Waals surface area contributed by atoms with Gasteiger partial charge in [0, 0.05) is 43.8 Å². The Morgan fingerprint density at radius 1 is 1.25 bits per heavy atom. The number of benzene rings is 1. The first kappa shape index (κ1) is 20.7. The van der Waals surface area contributed by atoms with Crippen LogP contribution in [0.25, 0.3) is 10.9 Å². The number of para-hydroxylation sites is 1. The molecule has 0 radical (unpaired) electrons. The minimum absolute atomic E-state index is 0.0146. The number of aromatic nitrogens is 1. The van der Waals surface area contributed by atoms with Gasteiger partial charge < -0.3 is 5.32 Å². The molecule has 1 aromatic heterocycles. The smallest absolute Gasteiger partial charge is 0.245 e. The molecule has 8 heteroatoms. The first-order valence-corrected chi connectivity index (χ1v) is 11.1. The van der Waals surface area contributed by atoms with Gasteiger partial charge >= 0.3 is 0 Å². The van der Waals surface area contributed by atoms with Crippen LogP contribution in [0.1, 0.15) is 25.8 Å². The van der Waals surface area contributed by atoms with E-state index in [0.29, 0.717) is 38.2 Å². The molecule has 1 saturated heterocycles. The Labute approximate surface area is 166 Å². The summed E-state index contributed by atoms with van der Waals surface area (Å²) in [6, 6.07) is 7.34. The highest BCUT2D eigenvalue weighted by atomic mass is 32.2. The average molecular weight is 405 g/mol. The van der Waals surface area contributed by atoms with Gasteiger partial charge in [0.1, 0.15) is 4.90 Å². The first-order valence-electron chi connectivity index (χ1n) is 9.68. The number of piperazine rings is 1. The van der Waals surface area contributed by atoms with Crippen molar-refractivity contribution < 1.29 is 13.2 Å². The van der Waals surface area contributed by atoms with Crippen LogP contribution < -0.4 is 5.32 Å². The SMILES string of the molecule is CC[C@@H](C)NC(=O)CN1CCN(S(=O)(=O)c2cccc3cc(C)cnc23)CC1. The molecule has 1 fully saturated rings. The van der Waals surface area contributed by atoms with Crippen molar-refractivity contribution in [2.75, 3.05) is 32.7 Å². The monoisotopic (exact) mass is 404 g/mol. The molecule has 1 aliphatic heterocycles. The Kier molecular flexibility index (Phi) is 6.32. The summed E-state index contributed by atoms with van der Waals surface area (Å²) >= 11 is 0. The number of nitrogens with zero attached hydrogens (tertiary/aromatic N) is 3. The van der Waals surface area contributed by atoms with Crippen molar-refractivity contribution in [1.29, 1.82) is 0 Å². The maximum absolute atomic E-state index is 13.2. The van der Waals surface area contributed by atoms with Crippen molar-refractivity contribution >= 4 is 26.8 Å². The number of carbonyl (C=O) groups is 1. The second-order valence-electron chi connectivity index (χ2n) is 7.40. The van der Waals surface area contributed by atoms with Crippen LogP contribution in [-0.2, 0) is 14.8 Å². The number of nitrogens with one attached hydrogen (secondary N) is 1. The fourth-order valence-corrected chi connectivity index (χ4v) is 4.93. The maximum atomic E-state index is 13.2. The van der Waals surface area contributed by atoms with E-state index in [0.717, 1.165) is 17.4 Å². The van der Waals surface area contributed by atoms with E-state index in [1.807, 2.05) is 37.8 Å². The Hall–Kier alpha value is -2.03. The van der Waals surface area contributed by atoms with Crippen LogP contribution in [0.4, 0.5) is 0 Å². The molecule has 28 heavy (non-hydrogen) atoms. The Bertz CT molecular complexity index is 953. The van der Waals surface area contributed by atoms with Crippen LogP contribution in [0, 0.1) is 6.92 Å². The quantitative estimate of drug-likeness (QED) is 0.793. The van der Waals surface area contributed by atoms with Crippen molar-refractivity contribution in [2.45, 2.75) is 38.1 Å². The molecule has 1 aromatic carbocycles. The lowest BCUT2D eigenvalue weighted by Crippen LogP contribution is -2.51. The molecular formula is C20H28N4O3S. The lowest BCUT2D eigenvalue weighted by atomic mass is 10.2. The van der Waals surface area contributed by atoms with Gasteiger partial charge in [0.25, 0.3) is 0 Å². The van der Waals surface area contributed by atoms with Gasteiger partial charge in [-0.1, -0.05) is 19.1 Å². The van der Waals surface area contributed by atoms with Crippen molar-refractivity contribution in [3.63, 3.8) is 0 Å². The van der Waals surface area contributed by atoms with Crippen LogP contribution in [0.3, 0.4) is 0 Å². The summed E-state index contributed by atoms with van der Waals surface area (Å²) < 4.78 is 27.9. The zero-order valence-corrected chi connectivity index (χ0v) is 17.5. The molecule has 1 aliphatic rings. The van der Waals surface area contributed by atoms with Crippen LogP contribution in [0.2, 0.25) is 0 Å². The number of rotatable bonds is 6. The third-order valence-corrected chi connectivity index (χ3v) is 7.08. The van der Waals surface area contributed by atoms with Crippen molar-refractivity contribution in [1.82, 2.24) is 19.5 Å². The predicted molar refractivity (Wildman–Crippen MR) is 110 cm³/mol. The van der Waals surface area contributed by atoms with Crippen LogP contribution in [0.15, 0.2) is 35.4 Å². The summed E-state index contributed by atoms with van der Waals surface area (Å²) in [6.45, 7) is 8.02. The highest BCUT2D eigenvalue weighted by Crippen LogP contribution is 2.25. The number of hydrogen-bond acceptors (Lipinski definition) is 5. The zero-order chi connectivity index (χ0) is 20.3. The Morgan fingerprint density at radius 3 is 2.64 bits per heavy atom. The number of sulfonamides is 1. The lowest BCUT2D eigenvalue weighted by molar-refractivity contribution is -0.123. The topological polar surface area (TPSA) is 82.6 Å². The van der Waals surface area contributed by atoms with Crippen LogP contribution >= 0.6 is 0 Å². The molecule has 1 N–H and O–H groups in total. The van der Waals surface area contributed by atoms with E-state index >= 15 is 0 Å². The summed E-state index contributed by atoms with van der Waals surface area (Å²) in [7, 11) is -3.63. The van der Waals surface area contributed by atoms with E-state index in [-0.39, 0.29) is 16.8 Å². The fraction of sp³-hybridized carbons (Fsp3) is 0.500. The summed E-state index contributed by atoms with van der Waals surface area (Å²) in [5, 5.41) is 3.77. The number of fused-ring (bicyclic) bond motifs is 1. The summed E-state index contributed by atoms with van der Waals surface area (Å²) in [6.07, 6.45) is 2.57. The molecular weight excluding hydrogens is 376 g/mol. The molecule has 152 valence electrons.